The third-order valence-corrected chi connectivity index (χ3v) is 4.11. The molecule has 4 heteroatoms. The fourth-order valence-electron chi connectivity index (χ4n) is 1.94. The third-order valence-electron chi connectivity index (χ3n) is 2.87. The monoisotopic (exact) mass is 366 g/mol. The first-order valence-electron chi connectivity index (χ1n) is 5.65. The molecular formula is C14H12Br2N2. The van der Waals surface area contributed by atoms with Gasteiger partial charge in [0.25, 0.3) is 0 Å². The van der Waals surface area contributed by atoms with E-state index in [1.807, 2.05) is 6.20 Å². The normalized spacial score (nSPS) is 10.3. The average Bonchev–Trinajstić information content (AvgIpc) is 2.74. The van der Waals surface area contributed by atoms with Crippen molar-refractivity contribution in [3.05, 3.63) is 46.1 Å². The largest absolute Gasteiger partial charge is 0.345 e. The Bertz CT molecular complexity index is 591. The summed E-state index contributed by atoms with van der Waals surface area (Å²) in [6, 6.07) is 10.5. The molecule has 0 N–H and O–H groups in total. The second-order valence-corrected chi connectivity index (χ2v) is 5.34. The maximum absolute atomic E-state index is 9.27. The van der Waals surface area contributed by atoms with Crippen molar-refractivity contribution < 1.29 is 0 Å². The van der Waals surface area contributed by atoms with E-state index in [1.54, 1.807) is 0 Å². The Morgan fingerprint density at radius 1 is 1.28 bits per heavy atom. The molecule has 2 aromatic rings. The summed E-state index contributed by atoms with van der Waals surface area (Å²) in [6.07, 6.45) is 1.96. The molecule has 1 aromatic heterocycles. The molecule has 92 valence electrons. The van der Waals surface area contributed by atoms with E-state index in [9.17, 15) is 5.26 Å². The summed E-state index contributed by atoms with van der Waals surface area (Å²) >= 11 is 6.88. The molecule has 0 radical (unpaired) electrons. The van der Waals surface area contributed by atoms with Crippen molar-refractivity contribution in [3.63, 3.8) is 0 Å². The van der Waals surface area contributed by atoms with Crippen molar-refractivity contribution in [1.29, 1.82) is 5.26 Å². The zero-order chi connectivity index (χ0) is 13.1. The highest BCUT2D eigenvalue weighted by atomic mass is 79.9. The van der Waals surface area contributed by atoms with Crippen molar-refractivity contribution >= 4 is 31.9 Å². The molecule has 0 atom stereocenters. The van der Waals surface area contributed by atoms with Gasteiger partial charge in [-0.05, 0) is 34.0 Å². The average molecular weight is 368 g/mol. The van der Waals surface area contributed by atoms with Crippen molar-refractivity contribution in [2.45, 2.75) is 18.8 Å². The number of benzene rings is 1. The number of alkyl halides is 1. The first kappa shape index (κ1) is 13.4. The van der Waals surface area contributed by atoms with Gasteiger partial charge in [-0.2, -0.15) is 5.26 Å². The van der Waals surface area contributed by atoms with E-state index in [0.29, 0.717) is 5.56 Å². The molecule has 0 unspecified atom stereocenters. The lowest BCUT2D eigenvalue weighted by molar-refractivity contribution is 0.775. The molecule has 0 aliphatic rings. The fraction of sp³-hybridized carbons (Fsp3) is 0.214. The molecule has 18 heavy (non-hydrogen) atoms. The summed E-state index contributed by atoms with van der Waals surface area (Å²) in [5.41, 5.74) is 3.98. The summed E-state index contributed by atoms with van der Waals surface area (Å²) in [5, 5.41) is 10.1. The highest BCUT2D eigenvalue weighted by Gasteiger charge is 2.14. The zero-order valence-corrected chi connectivity index (χ0v) is 13.1. The lowest BCUT2D eigenvalue weighted by Gasteiger charge is -2.07. The van der Waals surface area contributed by atoms with E-state index in [0.717, 1.165) is 27.6 Å². The molecule has 0 amide bonds. The number of nitriles is 1. The Kier molecular flexibility index (Phi) is 4.26. The zero-order valence-electron chi connectivity index (χ0n) is 9.95. The summed E-state index contributed by atoms with van der Waals surface area (Å²) in [4.78, 5) is 0. The van der Waals surface area contributed by atoms with Crippen LogP contribution in [-0.2, 0) is 11.9 Å². The first-order valence-corrected chi connectivity index (χ1v) is 7.56. The van der Waals surface area contributed by atoms with E-state index >= 15 is 0 Å². The topological polar surface area (TPSA) is 28.7 Å². The van der Waals surface area contributed by atoms with E-state index in [4.69, 9.17) is 0 Å². The minimum atomic E-state index is 0.698. The smallest absolute Gasteiger partial charge is 0.103 e. The van der Waals surface area contributed by atoms with Gasteiger partial charge in [-0.3, -0.25) is 0 Å². The molecule has 0 fully saturated rings. The van der Waals surface area contributed by atoms with Crippen LogP contribution in [0, 0.1) is 11.3 Å². The van der Waals surface area contributed by atoms with E-state index < -0.39 is 0 Å². The molecular weight excluding hydrogens is 356 g/mol. The fourth-order valence-corrected chi connectivity index (χ4v) is 2.84. The Labute approximate surface area is 123 Å². The Hall–Kier alpha value is -1.05. The van der Waals surface area contributed by atoms with Gasteiger partial charge in [0, 0.05) is 18.1 Å². The summed E-state index contributed by atoms with van der Waals surface area (Å²) in [6.45, 7) is 2.92. The van der Waals surface area contributed by atoms with Crippen molar-refractivity contribution in [3.8, 4) is 17.3 Å². The summed E-state index contributed by atoms with van der Waals surface area (Å²) < 4.78 is 2.94. The van der Waals surface area contributed by atoms with Crippen molar-refractivity contribution in [2.24, 2.45) is 0 Å². The van der Waals surface area contributed by atoms with Crippen LogP contribution in [0.15, 0.2) is 34.9 Å². The maximum atomic E-state index is 9.27. The Morgan fingerprint density at radius 2 is 1.94 bits per heavy atom. The SMILES string of the molecule is CCn1cc(Br)c(C#N)c1-c1ccc(CBr)cc1. The molecule has 1 aromatic carbocycles. The van der Waals surface area contributed by atoms with E-state index in [1.165, 1.54) is 5.56 Å². The molecule has 0 aliphatic carbocycles. The first-order chi connectivity index (χ1) is 8.71. The number of nitrogens with zero attached hydrogens (tertiary/aromatic N) is 2. The number of halogens is 2. The van der Waals surface area contributed by atoms with Gasteiger partial charge < -0.3 is 4.57 Å². The minimum Gasteiger partial charge on any atom is -0.345 e. The minimum absolute atomic E-state index is 0.698. The van der Waals surface area contributed by atoms with Crippen LogP contribution in [0.25, 0.3) is 11.3 Å². The highest BCUT2D eigenvalue weighted by Crippen LogP contribution is 2.31. The second-order valence-electron chi connectivity index (χ2n) is 3.93. The van der Waals surface area contributed by atoms with E-state index in [-0.39, 0.29) is 0 Å². The van der Waals surface area contributed by atoms with Gasteiger partial charge in [-0.25, -0.2) is 0 Å². The second kappa shape index (κ2) is 5.73. The maximum Gasteiger partial charge on any atom is 0.103 e. The molecule has 1 heterocycles. The van der Waals surface area contributed by atoms with Crippen molar-refractivity contribution in [2.75, 3.05) is 0 Å². The molecule has 0 aliphatic heterocycles. The summed E-state index contributed by atoms with van der Waals surface area (Å²) in [7, 11) is 0. The van der Waals surface area contributed by atoms with Crippen LogP contribution in [0.1, 0.15) is 18.1 Å². The Balaban J connectivity index is 2.58. The predicted molar refractivity (Wildman–Crippen MR) is 80.6 cm³/mol. The van der Waals surface area contributed by atoms with Crippen LogP contribution >= 0.6 is 31.9 Å². The van der Waals surface area contributed by atoms with Crippen LogP contribution in [0.5, 0.6) is 0 Å². The van der Waals surface area contributed by atoms with Crippen LogP contribution in [-0.4, -0.2) is 4.57 Å². The van der Waals surface area contributed by atoms with Gasteiger partial charge in [0.15, 0.2) is 0 Å². The number of aryl methyl sites for hydroxylation is 1. The van der Waals surface area contributed by atoms with Crippen LogP contribution < -0.4 is 0 Å². The van der Waals surface area contributed by atoms with Gasteiger partial charge >= 0.3 is 0 Å². The van der Waals surface area contributed by atoms with Crippen LogP contribution in [0.4, 0.5) is 0 Å². The number of rotatable bonds is 3. The Morgan fingerprint density at radius 3 is 2.44 bits per heavy atom. The highest BCUT2D eigenvalue weighted by molar-refractivity contribution is 9.10. The van der Waals surface area contributed by atoms with Gasteiger partial charge in [-0.15, -0.1) is 0 Å². The standard InChI is InChI=1S/C14H12Br2N2/c1-2-18-9-13(16)12(8-17)14(18)11-5-3-10(7-15)4-6-11/h3-6,9H,2,7H2,1H3. The molecule has 2 rings (SSSR count). The molecule has 0 spiro atoms. The quantitative estimate of drug-likeness (QED) is 0.722. The predicted octanol–water partition coefficient (Wildman–Crippen LogP) is 4.70. The number of hydrogen-bond acceptors (Lipinski definition) is 1. The molecule has 2 nitrogen and oxygen atoms in total. The van der Waals surface area contributed by atoms with Gasteiger partial charge in [0.05, 0.1) is 15.7 Å². The molecule has 0 bridgehead atoms. The van der Waals surface area contributed by atoms with Gasteiger partial charge in [0.1, 0.15) is 6.07 Å². The van der Waals surface area contributed by atoms with Gasteiger partial charge in [-0.1, -0.05) is 40.2 Å². The van der Waals surface area contributed by atoms with Crippen molar-refractivity contribution in [1.82, 2.24) is 4.57 Å². The number of hydrogen-bond donors (Lipinski definition) is 0. The molecule has 0 saturated carbocycles. The molecule has 0 saturated heterocycles. The van der Waals surface area contributed by atoms with Gasteiger partial charge in [0.2, 0.25) is 0 Å². The number of aromatic nitrogens is 1. The van der Waals surface area contributed by atoms with E-state index in [2.05, 4.69) is 73.7 Å². The lowest BCUT2D eigenvalue weighted by atomic mass is 10.1. The third kappa shape index (κ3) is 2.38. The summed E-state index contributed by atoms with van der Waals surface area (Å²) in [5.74, 6) is 0. The van der Waals surface area contributed by atoms with Crippen LogP contribution in [0.3, 0.4) is 0 Å². The lowest BCUT2D eigenvalue weighted by Crippen LogP contribution is -1.96. The van der Waals surface area contributed by atoms with Crippen LogP contribution in [0.2, 0.25) is 0 Å².